The topological polar surface area (TPSA) is 63.7 Å². The molecule has 1 aromatic rings. The van der Waals surface area contributed by atoms with Crippen LogP contribution in [-0.4, -0.2) is 61.3 Å². The number of likely N-dealkylation sites (tertiary alicyclic amines) is 1. The number of aromatic nitrogens is 1. The van der Waals surface area contributed by atoms with Gasteiger partial charge in [0.15, 0.2) is 0 Å². The van der Waals surface area contributed by atoms with Gasteiger partial charge in [-0.2, -0.15) is 0 Å². The molecule has 24 heavy (non-hydrogen) atoms. The lowest BCUT2D eigenvalue weighted by atomic mass is 9.73. The van der Waals surface area contributed by atoms with Gasteiger partial charge in [-0.05, 0) is 50.3 Å². The highest BCUT2D eigenvalue weighted by molar-refractivity contribution is 5.77. The molecule has 1 aromatic heterocycles. The highest BCUT2D eigenvalue weighted by Crippen LogP contribution is 2.42. The molecule has 6 heteroatoms. The van der Waals surface area contributed by atoms with Crippen molar-refractivity contribution in [1.29, 1.82) is 0 Å². The predicted molar refractivity (Wildman–Crippen MR) is 91.8 cm³/mol. The zero-order chi connectivity index (χ0) is 17.0. The Hall–Kier alpha value is -1.66. The Morgan fingerprint density at radius 3 is 2.88 bits per heavy atom. The summed E-state index contributed by atoms with van der Waals surface area (Å²) in [6.07, 6.45) is 5.82. The molecule has 0 unspecified atom stereocenters. The molecule has 3 rings (SSSR count). The largest absolute Gasteiger partial charge is 0.468 e. The molecule has 2 atom stereocenters. The lowest BCUT2D eigenvalue weighted by Gasteiger charge is -2.48. The fraction of sp³-hybridized carbons (Fsp3) is 0.667. The second kappa shape index (κ2) is 7.49. The smallest absolute Gasteiger partial charge is 0.326 e. The molecular weight excluding hydrogens is 306 g/mol. The Balaban J connectivity index is 1.60. The Bertz CT molecular complexity index is 542. The van der Waals surface area contributed by atoms with Crippen molar-refractivity contribution < 1.29 is 14.3 Å². The summed E-state index contributed by atoms with van der Waals surface area (Å²) in [6.45, 7) is 2.64. The fourth-order valence-corrected chi connectivity index (χ4v) is 3.90. The van der Waals surface area contributed by atoms with Gasteiger partial charge in [0.25, 0.3) is 0 Å². The van der Waals surface area contributed by atoms with Crippen molar-refractivity contribution in [2.75, 3.05) is 39.2 Å². The van der Waals surface area contributed by atoms with Crippen LogP contribution in [0.2, 0.25) is 0 Å². The number of hydrogen-bond acceptors (Lipinski definition) is 6. The first-order valence-corrected chi connectivity index (χ1v) is 8.70. The van der Waals surface area contributed by atoms with Crippen LogP contribution in [0.5, 0.6) is 0 Å². The number of rotatable bonds is 7. The molecule has 2 aliphatic rings. The van der Waals surface area contributed by atoms with Crippen LogP contribution >= 0.6 is 0 Å². The number of nitrogens with zero attached hydrogens (tertiary/aromatic N) is 2. The molecule has 0 spiro atoms. The zero-order valence-electron chi connectivity index (χ0n) is 14.5. The van der Waals surface area contributed by atoms with Crippen molar-refractivity contribution in [3.8, 4) is 0 Å². The number of carbonyl (C=O) groups is 1. The van der Waals surface area contributed by atoms with E-state index in [1.165, 1.54) is 7.11 Å². The Morgan fingerprint density at radius 2 is 2.29 bits per heavy atom. The first kappa shape index (κ1) is 17.2. The van der Waals surface area contributed by atoms with Gasteiger partial charge in [0, 0.05) is 26.4 Å². The maximum atomic E-state index is 12.4. The van der Waals surface area contributed by atoms with E-state index in [9.17, 15) is 4.79 Å². The molecule has 1 aliphatic carbocycles. The van der Waals surface area contributed by atoms with Crippen LogP contribution in [0.3, 0.4) is 0 Å². The van der Waals surface area contributed by atoms with E-state index >= 15 is 0 Å². The highest BCUT2D eigenvalue weighted by atomic mass is 16.5. The molecule has 1 saturated carbocycles. The van der Waals surface area contributed by atoms with E-state index in [4.69, 9.17) is 9.47 Å². The van der Waals surface area contributed by atoms with Crippen LogP contribution in [0.4, 0.5) is 5.82 Å². The first-order chi connectivity index (χ1) is 11.7. The first-order valence-electron chi connectivity index (χ1n) is 8.70. The number of hydrogen-bond donors (Lipinski definition) is 1. The monoisotopic (exact) mass is 333 g/mol. The van der Waals surface area contributed by atoms with Gasteiger partial charge in [0.2, 0.25) is 0 Å². The average Bonchev–Trinajstić information content (AvgIpc) is 3.04. The van der Waals surface area contributed by atoms with E-state index in [2.05, 4.69) is 15.2 Å². The summed E-state index contributed by atoms with van der Waals surface area (Å²) < 4.78 is 10.9. The molecule has 0 bridgehead atoms. The van der Waals surface area contributed by atoms with Gasteiger partial charge in [-0.25, -0.2) is 4.98 Å². The number of ether oxygens (including phenoxy) is 2. The maximum Gasteiger partial charge on any atom is 0.326 e. The van der Waals surface area contributed by atoms with Crippen LogP contribution in [0.15, 0.2) is 24.4 Å². The summed E-state index contributed by atoms with van der Waals surface area (Å²) in [4.78, 5) is 19.0. The molecule has 1 aliphatic heterocycles. The third-order valence-corrected chi connectivity index (χ3v) is 5.45. The number of nitrogens with one attached hydrogen (secondary N) is 1. The summed E-state index contributed by atoms with van der Waals surface area (Å²) in [6, 6.07) is 5.56. The Labute approximate surface area is 143 Å². The van der Waals surface area contributed by atoms with Gasteiger partial charge >= 0.3 is 5.97 Å². The van der Waals surface area contributed by atoms with E-state index in [1.807, 2.05) is 18.2 Å². The minimum atomic E-state index is -0.365. The third-order valence-electron chi connectivity index (χ3n) is 5.45. The lowest BCUT2D eigenvalue weighted by Crippen LogP contribution is -2.61. The maximum absolute atomic E-state index is 12.4. The SMILES string of the molecule is COC(=O)[C@@H](N1CC[C@H](CNc2ccccn2)C1)C1(OC)CCC1. The molecule has 0 amide bonds. The summed E-state index contributed by atoms with van der Waals surface area (Å²) in [5.41, 5.74) is -0.365. The summed E-state index contributed by atoms with van der Waals surface area (Å²) in [5.74, 6) is 1.22. The quantitative estimate of drug-likeness (QED) is 0.769. The Morgan fingerprint density at radius 1 is 1.46 bits per heavy atom. The molecule has 0 aromatic carbocycles. The number of pyridine rings is 1. The van der Waals surface area contributed by atoms with Gasteiger partial charge in [0.1, 0.15) is 11.9 Å². The predicted octanol–water partition coefficient (Wildman–Crippen LogP) is 1.93. The summed E-state index contributed by atoms with van der Waals surface area (Å²) in [7, 11) is 3.18. The third kappa shape index (κ3) is 3.39. The summed E-state index contributed by atoms with van der Waals surface area (Å²) >= 11 is 0. The second-order valence-electron chi connectivity index (χ2n) is 6.79. The van der Waals surface area contributed by atoms with Crippen molar-refractivity contribution >= 4 is 11.8 Å². The second-order valence-corrected chi connectivity index (χ2v) is 6.79. The van der Waals surface area contributed by atoms with E-state index in [-0.39, 0.29) is 17.6 Å². The van der Waals surface area contributed by atoms with Gasteiger partial charge < -0.3 is 14.8 Å². The number of anilines is 1. The minimum absolute atomic E-state index is 0.171. The summed E-state index contributed by atoms with van der Waals surface area (Å²) in [5, 5.41) is 3.38. The van der Waals surface area contributed by atoms with Crippen molar-refractivity contribution in [2.24, 2.45) is 5.92 Å². The fourth-order valence-electron chi connectivity index (χ4n) is 3.90. The highest BCUT2D eigenvalue weighted by Gasteiger charge is 2.52. The van der Waals surface area contributed by atoms with E-state index < -0.39 is 0 Å². The van der Waals surface area contributed by atoms with Crippen molar-refractivity contribution in [3.05, 3.63) is 24.4 Å². The molecule has 2 heterocycles. The van der Waals surface area contributed by atoms with E-state index in [0.29, 0.717) is 5.92 Å². The van der Waals surface area contributed by atoms with Gasteiger partial charge in [-0.3, -0.25) is 9.69 Å². The van der Waals surface area contributed by atoms with Crippen LogP contribution in [0.25, 0.3) is 0 Å². The van der Waals surface area contributed by atoms with E-state index in [1.54, 1.807) is 13.3 Å². The lowest BCUT2D eigenvalue weighted by molar-refractivity contribution is -0.173. The van der Waals surface area contributed by atoms with Crippen molar-refractivity contribution in [3.63, 3.8) is 0 Å². The minimum Gasteiger partial charge on any atom is -0.468 e. The number of esters is 1. The van der Waals surface area contributed by atoms with Crippen molar-refractivity contribution in [2.45, 2.75) is 37.3 Å². The average molecular weight is 333 g/mol. The van der Waals surface area contributed by atoms with Gasteiger partial charge in [-0.15, -0.1) is 0 Å². The van der Waals surface area contributed by atoms with Crippen LogP contribution in [-0.2, 0) is 14.3 Å². The molecular formula is C18H27N3O3. The van der Waals surface area contributed by atoms with Crippen LogP contribution < -0.4 is 5.32 Å². The molecule has 0 radical (unpaired) electrons. The van der Waals surface area contributed by atoms with E-state index in [0.717, 1.165) is 51.1 Å². The van der Waals surface area contributed by atoms with Gasteiger partial charge in [0.05, 0.1) is 12.7 Å². The normalized spacial score (nSPS) is 24.2. The van der Waals surface area contributed by atoms with Crippen LogP contribution in [0.1, 0.15) is 25.7 Å². The standard InChI is InChI=1S/C18H27N3O3/c1-23-17(22)16(18(24-2)8-5-9-18)21-11-7-14(13-21)12-20-15-6-3-4-10-19-15/h3-4,6,10,14,16H,5,7-9,11-13H2,1-2H3,(H,19,20)/t14-,16-/m1/s1. The molecule has 1 saturated heterocycles. The van der Waals surface area contributed by atoms with Crippen LogP contribution in [0, 0.1) is 5.92 Å². The molecule has 132 valence electrons. The van der Waals surface area contributed by atoms with Crippen molar-refractivity contribution in [1.82, 2.24) is 9.88 Å². The number of carbonyl (C=O) groups excluding carboxylic acids is 1. The molecule has 6 nitrogen and oxygen atoms in total. The molecule has 2 fully saturated rings. The molecule has 1 N–H and O–H groups in total. The zero-order valence-corrected chi connectivity index (χ0v) is 14.5. The van der Waals surface area contributed by atoms with Gasteiger partial charge in [-0.1, -0.05) is 6.07 Å². The Kier molecular flexibility index (Phi) is 5.36. The number of methoxy groups -OCH3 is 2.